The van der Waals surface area contributed by atoms with Crippen LogP contribution in [0.3, 0.4) is 0 Å². The predicted molar refractivity (Wildman–Crippen MR) is 310 cm³/mol. The number of halogens is 1. The molecule has 1 unspecified atom stereocenters. The standard InChI is InChI=1S/C26H27N3O5S.C25H23FN2O6S.CH5NO2S.3K.HO4P/c1-26(2,3)22-15-20(29-11-10-23(30)27-25(29)31)14-21(24(22)34-4)18-7-6-17-13-19(28-35(5,32)33)9-8-16(17)12-18;1-25(2,3)21-14-18(28-10-9-22(29)27-24(28)30)13-20(23(21)33-4)17-6-5-16-12-19(34-35(26,31)32)8-7-15(16)11-17;1-5(2,3)4;;;;1-4-5(2)3/h6-15,28H,1-5H3,(H,27,30,31);5-14H,1-4H3,(H,27,29,30);1H3,(H2,2,3,4);;;;1H/q;;;;;+1;/p-1. The molecule has 8 rings (SSSR count). The van der Waals surface area contributed by atoms with Crippen LogP contribution in [0.25, 0.3) is 55.2 Å². The Balaban J connectivity index is 0.000000361. The van der Waals surface area contributed by atoms with E-state index in [-0.39, 0.29) is 68.0 Å². The number of hydrogen-bond donors (Lipinski definition) is 4. The summed E-state index contributed by atoms with van der Waals surface area (Å²) in [6.45, 7) is 12.2. The second kappa shape index (κ2) is 31.8. The molecule has 31 heteroatoms. The summed E-state index contributed by atoms with van der Waals surface area (Å²) in [5.74, 6) is 1.18. The normalized spacial score (nSPS) is 11.6. The van der Waals surface area contributed by atoms with E-state index in [1.54, 1.807) is 50.6 Å². The molecular weight excluding hydrogens is 1240 g/mol. The number of nitrogens with two attached hydrogens (primary N) is 1. The average molecular weight is 1300 g/mol. The molecule has 83 heavy (non-hydrogen) atoms. The number of hydrogen-bond acceptors (Lipinski definition) is 17. The zero-order valence-corrected chi connectivity index (χ0v) is 60.2. The number of aromatic nitrogens is 4. The number of methoxy groups -OCH3 is 2. The van der Waals surface area contributed by atoms with Crippen LogP contribution in [0.4, 0.5) is 9.57 Å². The average Bonchev–Trinajstić information content (AvgIpc) is 3.43. The van der Waals surface area contributed by atoms with Gasteiger partial charge in [-0.25, -0.2) is 36.2 Å². The van der Waals surface area contributed by atoms with Gasteiger partial charge < -0.3 is 23.8 Å². The maximum atomic E-state index is 12.9. The van der Waals surface area contributed by atoms with Crippen molar-refractivity contribution in [1.29, 1.82) is 0 Å². The van der Waals surface area contributed by atoms with Crippen molar-refractivity contribution in [3.63, 3.8) is 0 Å². The van der Waals surface area contributed by atoms with E-state index < -0.39 is 61.3 Å². The van der Waals surface area contributed by atoms with Crippen LogP contribution >= 0.6 is 8.25 Å². The van der Waals surface area contributed by atoms with Gasteiger partial charge >= 0.3 is 145 Å². The van der Waals surface area contributed by atoms with Crippen LogP contribution in [0.15, 0.2) is 141 Å². The van der Waals surface area contributed by atoms with E-state index in [1.807, 2.05) is 69.3 Å². The van der Waals surface area contributed by atoms with Crippen LogP contribution in [0.1, 0.15) is 52.7 Å². The molecule has 0 spiro atoms. The summed E-state index contributed by atoms with van der Waals surface area (Å²) in [4.78, 5) is 61.6. The summed E-state index contributed by atoms with van der Waals surface area (Å²) in [5, 5.41) is 16.0. The van der Waals surface area contributed by atoms with Gasteiger partial charge in [0.1, 0.15) is 17.2 Å². The van der Waals surface area contributed by atoms with E-state index in [0.717, 1.165) is 56.5 Å². The van der Waals surface area contributed by atoms with E-state index >= 15 is 0 Å². The first-order valence-electron chi connectivity index (χ1n) is 24.2. The molecule has 1 atom stereocenters. The Labute approximate surface area is 566 Å². The molecule has 0 radical (unpaired) electrons. The summed E-state index contributed by atoms with van der Waals surface area (Å²) >= 11 is 2.50. The molecule has 428 valence electrons. The molecule has 0 saturated carbocycles. The predicted octanol–water partition coefficient (Wildman–Crippen LogP) is 1.71. The summed E-state index contributed by atoms with van der Waals surface area (Å²) in [7, 11) is -11.6. The Bertz CT molecular complexity index is 4010. The molecular formula is C52H55FK3N6O17PS3. The van der Waals surface area contributed by atoms with E-state index in [1.165, 1.54) is 109 Å². The van der Waals surface area contributed by atoms with Crippen LogP contribution in [0.5, 0.6) is 17.2 Å². The first kappa shape index (κ1) is 74.3. The zero-order valence-electron chi connectivity index (χ0n) is 47.5. The van der Waals surface area contributed by atoms with Gasteiger partial charge in [0.15, 0.2) is 0 Å². The molecule has 6 aromatic carbocycles. The van der Waals surface area contributed by atoms with E-state index in [4.69, 9.17) is 24.2 Å². The number of H-pyrrole nitrogens is 2. The third-order valence-corrected chi connectivity index (χ3v) is 12.3. The third-order valence-electron chi connectivity index (χ3n) is 11.2. The number of nitrogens with zero attached hydrogens (tertiary/aromatic N) is 2. The second-order valence-corrected chi connectivity index (χ2v) is 24.5. The van der Waals surface area contributed by atoms with Crippen molar-refractivity contribution in [2.24, 2.45) is 5.14 Å². The van der Waals surface area contributed by atoms with Crippen LogP contribution < -0.4 is 108 Å². The summed E-state index contributed by atoms with van der Waals surface area (Å²) < 4.78 is 109. The van der Waals surface area contributed by atoms with Gasteiger partial charge in [-0.05, 0) is 109 Å². The fraction of sp³-hybridized carbons (Fsp3) is 0.231. The molecule has 0 aliphatic carbocycles. The second-order valence-electron chi connectivity index (χ2n) is 19.6. The molecule has 8 aromatic rings. The minimum absolute atomic E-state index is 0. The number of benzene rings is 6. The fourth-order valence-electron chi connectivity index (χ4n) is 7.98. The van der Waals surface area contributed by atoms with Crippen LogP contribution in [0.2, 0.25) is 0 Å². The van der Waals surface area contributed by atoms with Crippen molar-refractivity contribution >= 4 is 129 Å². The van der Waals surface area contributed by atoms with Gasteiger partial charge in [-0.1, -0.05) is 81.8 Å². The van der Waals surface area contributed by atoms with Gasteiger partial charge in [0.2, 0.25) is 20.0 Å². The fourth-order valence-corrected chi connectivity index (χ4v) is 8.87. The number of fused-ring (bicyclic) bond motifs is 2. The molecule has 2 heterocycles. The van der Waals surface area contributed by atoms with Crippen molar-refractivity contribution in [3.05, 3.63) is 174 Å². The quantitative estimate of drug-likeness (QED) is 0.0471. The topological polar surface area (TPSA) is 350 Å². The Morgan fingerprint density at radius 1 is 0.614 bits per heavy atom. The Morgan fingerprint density at radius 2 is 0.976 bits per heavy atom. The van der Waals surface area contributed by atoms with Gasteiger partial charge in [0.05, 0.1) is 38.1 Å². The number of sulfonamides is 2. The maximum absolute atomic E-state index is 12.9. The zero-order chi connectivity index (χ0) is 61.9. The first-order chi connectivity index (χ1) is 38.0. The Kier molecular flexibility index (Phi) is 28.5. The molecule has 2 aromatic heterocycles. The number of primary sulfonamides is 1. The van der Waals surface area contributed by atoms with Crippen LogP contribution in [0, 0.1) is 0 Å². The van der Waals surface area contributed by atoms with Crippen molar-refractivity contribution in [3.8, 4) is 50.9 Å². The van der Waals surface area contributed by atoms with Gasteiger partial charge in [0, 0.05) is 52.5 Å². The minimum atomic E-state index is -5.13. The van der Waals surface area contributed by atoms with Gasteiger partial charge in [-0.15, -0.1) is 0 Å². The molecule has 0 aliphatic heterocycles. The van der Waals surface area contributed by atoms with Crippen molar-refractivity contribution in [2.45, 2.75) is 52.4 Å². The molecule has 0 amide bonds. The number of anilines is 1. The number of rotatable bonds is 11. The van der Waals surface area contributed by atoms with Crippen molar-refractivity contribution in [2.75, 3.05) is 31.5 Å². The molecule has 0 aliphatic rings. The number of aromatic amines is 2. The van der Waals surface area contributed by atoms with Crippen molar-refractivity contribution in [1.82, 2.24) is 19.1 Å². The number of ether oxygens (including phenoxy) is 2. The summed E-state index contributed by atoms with van der Waals surface area (Å²) in [6.07, 6.45) is 4.92. The molecule has 0 saturated heterocycles. The Morgan fingerprint density at radius 3 is 1.31 bits per heavy atom. The molecule has 0 fully saturated rings. The van der Waals surface area contributed by atoms with Crippen molar-refractivity contribution < 1.29 is 114 Å². The first-order valence-corrected chi connectivity index (χ1v) is 46.5. The molecule has 5 N–H and O–H groups in total. The monoisotopic (exact) mass is 1300 g/mol. The van der Waals surface area contributed by atoms with E-state index in [0.29, 0.717) is 39.5 Å². The van der Waals surface area contributed by atoms with Gasteiger partial charge in [-0.3, -0.25) is 33.4 Å². The summed E-state index contributed by atoms with van der Waals surface area (Å²) in [6, 6.07) is 30.9. The van der Waals surface area contributed by atoms with Crippen LogP contribution in [-0.4, -0.2) is 134 Å². The Hall–Kier alpha value is -2.97. The third kappa shape index (κ3) is 22.9. The SMILES string of the molecule is COc1c(-c2ccc3cc(NS(C)(=O)=O)ccc3c2)cc(-n2ccc(=O)[nH]c2=O)cc1C(C)(C)C.COc1c(-c2ccc3cc(OS(=O)(=O)F)ccc3c2)cc(-n2ccc(=O)[nH]c2=O)cc1C(C)(C)C.CS(N)(=O)=O.O=[P+]([O-])O[O-].[K+].[K][K]. The molecule has 0 bridgehead atoms. The molecule has 23 nitrogen and oxygen atoms in total. The van der Waals surface area contributed by atoms with Crippen LogP contribution in [-0.2, 0) is 50.6 Å². The van der Waals surface area contributed by atoms with E-state index in [9.17, 15) is 48.3 Å². The van der Waals surface area contributed by atoms with E-state index in [2.05, 4.69) is 49.5 Å². The number of nitrogens with one attached hydrogen (secondary N) is 3. The van der Waals surface area contributed by atoms with Gasteiger partial charge in [0.25, 0.3) is 11.1 Å². The summed E-state index contributed by atoms with van der Waals surface area (Å²) in [5.41, 5.74) is 3.81. The van der Waals surface area contributed by atoms with Gasteiger partial charge in [-0.2, -0.15) is 8.42 Å².